The first kappa shape index (κ1) is 34.0. The molecule has 0 radical (unpaired) electrons. The zero-order chi connectivity index (χ0) is 39.1. The number of benzene rings is 6. The number of fused-ring (bicyclic) bond motifs is 12. The molecule has 4 saturated carbocycles. The fourth-order valence-electron chi connectivity index (χ4n) is 15.4. The summed E-state index contributed by atoms with van der Waals surface area (Å²) in [7, 11) is 0. The van der Waals surface area contributed by atoms with Gasteiger partial charge in [-0.25, -0.2) is 0 Å². The molecule has 7 aliphatic carbocycles. The third kappa shape index (κ3) is 3.91. The van der Waals surface area contributed by atoms with Crippen LogP contribution in [0, 0.1) is 29.1 Å². The van der Waals surface area contributed by atoms with Crippen LogP contribution in [0.3, 0.4) is 0 Å². The number of nitrogens with zero attached hydrogens (tertiary/aromatic N) is 1. The highest BCUT2D eigenvalue weighted by atomic mass is 15.1. The molecule has 58 heavy (non-hydrogen) atoms. The molecule has 0 aromatic heterocycles. The van der Waals surface area contributed by atoms with Crippen molar-refractivity contribution in [1.82, 2.24) is 0 Å². The van der Waals surface area contributed by atoms with E-state index in [2.05, 4.69) is 174 Å². The van der Waals surface area contributed by atoms with Crippen molar-refractivity contribution in [2.24, 2.45) is 29.1 Å². The van der Waals surface area contributed by atoms with E-state index < -0.39 is 0 Å². The molecule has 2 spiro atoms. The maximum absolute atomic E-state index is 2.72. The van der Waals surface area contributed by atoms with E-state index in [1.54, 1.807) is 11.1 Å². The molecule has 2 bridgehead atoms. The van der Waals surface area contributed by atoms with Crippen LogP contribution in [0.2, 0.25) is 0 Å². The maximum Gasteiger partial charge on any atom is 0.0502 e. The Kier molecular flexibility index (Phi) is 6.36. The smallest absolute Gasteiger partial charge is 0.0502 e. The molecule has 4 fully saturated rings. The Labute approximate surface area is 345 Å². The van der Waals surface area contributed by atoms with Crippen LogP contribution in [0.1, 0.15) is 113 Å². The summed E-state index contributed by atoms with van der Waals surface area (Å²) in [5, 5.41) is 0. The average molecular weight is 754 g/mol. The molecular weight excluding hydrogens is 699 g/mol. The number of hydrogen-bond donors (Lipinski definition) is 0. The Bertz CT molecular complexity index is 2760. The summed E-state index contributed by atoms with van der Waals surface area (Å²) in [6.45, 7) is 14.8. The average Bonchev–Trinajstić information content (AvgIpc) is 3.92. The first-order chi connectivity index (χ1) is 27.9. The molecule has 0 N–H and O–H groups in total. The maximum atomic E-state index is 2.72. The predicted molar refractivity (Wildman–Crippen MR) is 240 cm³/mol. The van der Waals surface area contributed by atoms with Gasteiger partial charge in [0.25, 0.3) is 0 Å². The van der Waals surface area contributed by atoms with Gasteiger partial charge in [0.2, 0.25) is 0 Å². The molecule has 1 heteroatoms. The second kappa shape index (κ2) is 10.8. The SMILES string of the molecule is CC1(C)CCC(C)(C)c2c(N(c3ccc4c(c3)C(C)(C)c3ccccc3-4)c3ccc4c(c3)C3(c5cc(-c6ccccc6)ccc5-4)C4CC5CC6CC3C64C5)cccc21. The molecule has 6 unspecified atom stereocenters. The highest BCUT2D eigenvalue weighted by molar-refractivity contribution is 5.91. The van der Waals surface area contributed by atoms with Gasteiger partial charge in [-0.1, -0.05) is 133 Å². The summed E-state index contributed by atoms with van der Waals surface area (Å²) in [6.07, 6.45) is 8.18. The highest BCUT2D eigenvalue weighted by Gasteiger charge is 2.84. The van der Waals surface area contributed by atoms with Crippen LogP contribution in [0.15, 0.2) is 127 Å². The van der Waals surface area contributed by atoms with Crippen LogP contribution in [0.25, 0.3) is 33.4 Å². The Morgan fingerprint density at radius 3 is 1.88 bits per heavy atom. The summed E-state index contributed by atoms with van der Waals surface area (Å²) in [5.41, 5.74) is 22.3. The second-order valence-corrected chi connectivity index (χ2v) is 21.6. The normalized spacial score (nSPS) is 29.7. The van der Waals surface area contributed by atoms with Gasteiger partial charge < -0.3 is 4.90 Å². The van der Waals surface area contributed by atoms with Gasteiger partial charge in [0.05, 0.1) is 5.69 Å². The second-order valence-electron chi connectivity index (χ2n) is 21.6. The summed E-state index contributed by atoms with van der Waals surface area (Å²) < 4.78 is 0. The fraction of sp³-hybridized carbons (Fsp3) is 0.368. The lowest BCUT2D eigenvalue weighted by molar-refractivity contribution is -0.231. The first-order valence-electron chi connectivity index (χ1n) is 22.5. The molecule has 0 amide bonds. The molecule has 288 valence electrons. The van der Waals surface area contributed by atoms with Gasteiger partial charge in [-0.2, -0.15) is 0 Å². The van der Waals surface area contributed by atoms with Gasteiger partial charge in [-0.05, 0) is 182 Å². The fourth-order valence-corrected chi connectivity index (χ4v) is 15.4. The predicted octanol–water partition coefficient (Wildman–Crippen LogP) is 14.8. The van der Waals surface area contributed by atoms with Crippen molar-refractivity contribution in [2.75, 3.05) is 4.90 Å². The molecule has 7 aliphatic rings. The lowest BCUT2D eigenvalue weighted by Gasteiger charge is -2.76. The van der Waals surface area contributed by atoms with Crippen molar-refractivity contribution in [2.45, 2.75) is 102 Å². The van der Waals surface area contributed by atoms with Gasteiger partial charge in [0.15, 0.2) is 0 Å². The van der Waals surface area contributed by atoms with E-state index in [9.17, 15) is 0 Å². The summed E-state index contributed by atoms with van der Waals surface area (Å²) in [6, 6.07) is 50.2. The van der Waals surface area contributed by atoms with Crippen LogP contribution in [-0.2, 0) is 21.7 Å². The molecule has 1 nitrogen and oxygen atoms in total. The van der Waals surface area contributed by atoms with Crippen molar-refractivity contribution in [3.63, 3.8) is 0 Å². The lowest BCUT2D eigenvalue weighted by Crippen LogP contribution is -2.73. The molecule has 6 aromatic carbocycles. The standard InChI is InChI=1S/C57H55N/c1-53(2)25-26-54(3,4)52-45(53)17-12-18-49(52)58(38-20-23-41-40-15-10-11-16-44(40)55(5,6)46(41)31-38)39-21-24-43-42-22-19-36(35-13-8-7-9-14-35)29-47(42)57(48(43)32-39)50-28-34-27-37-30-51(57)56(37,50)33-34/h7-24,29,31-32,34,37,50-51H,25-28,30,33H2,1-6H3. The highest BCUT2D eigenvalue weighted by Crippen LogP contribution is 2.89. The van der Waals surface area contributed by atoms with Crippen molar-refractivity contribution in [3.8, 4) is 33.4 Å². The number of hydrogen-bond acceptors (Lipinski definition) is 1. The van der Waals surface area contributed by atoms with Gasteiger partial charge in [-0.3, -0.25) is 0 Å². The van der Waals surface area contributed by atoms with Crippen LogP contribution in [0.4, 0.5) is 17.1 Å². The van der Waals surface area contributed by atoms with E-state index in [1.807, 2.05) is 0 Å². The van der Waals surface area contributed by atoms with E-state index in [4.69, 9.17) is 0 Å². The van der Waals surface area contributed by atoms with Gasteiger partial charge in [0, 0.05) is 22.2 Å². The Hall–Kier alpha value is -4.88. The molecule has 6 atom stereocenters. The summed E-state index contributed by atoms with van der Waals surface area (Å²) in [5.74, 6) is 3.38. The third-order valence-corrected chi connectivity index (χ3v) is 18.0. The Morgan fingerprint density at radius 2 is 1.10 bits per heavy atom. The van der Waals surface area contributed by atoms with Crippen molar-refractivity contribution in [1.29, 1.82) is 0 Å². The lowest BCUT2D eigenvalue weighted by atomic mass is 9.27. The zero-order valence-corrected chi connectivity index (χ0v) is 35.1. The molecule has 13 rings (SSSR count). The van der Waals surface area contributed by atoms with E-state index >= 15 is 0 Å². The zero-order valence-electron chi connectivity index (χ0n) is 35.1. The van der Waals surface area contributed by atoms with Gasteiger partial charge >= 0.3 is 0 Å². The molecule has 0 heterocycles. The summed E-state index contributed by atoms with van der Waals surface area (Å²) in [4.78, 5) is 2.70. The molecule has 6 aromatic rings. The largest absolute Gasteiger partial charge is 0.310 e. The topological polar surface area (TPSA) is 3.24 Å². The third-order valence-electron chi connectivity index (χ3n) is 18.0. The molecular formula is C57H55N. The van der Waals surface area contributed by atoms with Gasteiger partial charge in [0.1, 0.15) is 0 Å². The van der Waals surface area contributed by atoms with Crippen molar-refractivity contribution >= 4 is 17.1 Å². The minimum absolute atomic E-state index is 0.0539. The van der Waals surface area contributed by atoms with Gasteiger partial charge in [-0.15, -0.1) is 0 Å². The Balaban J connectivity index is 1.05. The van der Waals surface area contributed by atoms with E-state index in [-0.39, 0.29) is 21.7 Å². The monoisotopic (exact) mass is 753 g/mol. The summed E-state index contributed by atoms with van der Waals surface area (Å²) >= 11 is 0. The quantitative estimate of drug-likeness (QED) is 0.173. The molecule has 0 saturated heterocycles. The van der Waals surface area contributed by atoms with E-state index in [0.717, 1.165) is 23.7 Å². The van der Waals surface area contributed by atoms with Crippen LogP contribution < -0.4 is 4.90 Å². The van der Waals surface area contributed by atoms with Crippen LogP contribution >= 0.6 is 0 Å². The number of anilines is 3. The van der Waals surface area contributed by atoms with E-state index in [1.165, 1.54) is 111 Å². The van der Waals surface area contributed by atoms with Crippen molar-refractivity contribution < 1.29 is 0 Å². The minimum Gasteiger partial charge on any atom is -0.310 e. The van der Waals surface area contributed by atoms with Crippen LogP contribution in [0.5, 0.6) is 0 Å². The Morgan fingerprint density at radius 1 is 0.483 bits per heavy atom. The molecule has 0 aliphatic heterocycles. The van der Waals surface area contributed by atoms with Crippen molar-refractivity contribution in [3.05, 3.63) is 161 Å². The number of rotatable bonds is 4. The van der Waals surface area contributed by atoms with E-state index in [0.29, 0.717) is 5.41 Å². The van der Waals surface area contributed by atoms with Crippen LogP contribution in [-0.4, -0.2) is 0 Å². The minimum atomic E-state index is -0.0755. The first-order valence-corrected chi connectivity index (χ1v) is 22.5.